The molecule has 0 atom stereocenters. The molecule has 1 spiro atoms. The molecule has 148 valence electrons. The highest BCUT2D eigenvalue weighted by atomic mass is 35.5. The first kappa shape index (κ1) is 19.5. The van der Waals surface area contributed by atoms with Crippen molar-refractivity contribution in [1.29, 1.82) is 0 Å². The van der Waals surface area contributed by atoms with Crippen LogP contribution in [0.25, 0.3) is 0 Å². The monoisotopic (exact) mass is 421 g/mol. The summed E-state index contributed by atoms with van der Waals surface area (Å²) in [5.74, 6) is -0.994. The Morgan fingerprint density at radius 2 is 1.89 bits per heavy atom. The van der Waals surface area contributed by atoms with E-state index in [1.54, 1.807) is 17.0 Å². The summed E-state index contributed by atoms with van der Waals surface area (Å²) in [4.78, 5) is 14.9. The number of carbonyl (C=O) groups excluding carboxylic acids is 1. The molecule has 0 aromatic heterocycles. The number of rotatable bonds is 6. The van der Waals surface area contributed by atoms with Gasteiger partial charge in [0.15, 0.2) is 0 Å². The number of carbonyl (C=O) groups is 1. The number of hydrogen-bond donors (Lipinski definition) is 0. The van der Waals surface area contributed by atoms with E-state index >= 15 is 0 Å². The molecule has 28 heavy (non-hydrogen) atoms. The Bertz CT molecular complexity index is 896. The molecule has 0 saturated carbocycles. The molecule has 7 heteroatoms. The Morgan fingerprint density at radius 1 is 1.14 bits per heavy atom. The van der Waals surface area contributed by atoms with E-state index in [0.717, 1.165) is 24.2 Å². The van der Waals surface area contributed by atoms with Crippen molar-refractivity contribution in [2.24, 2.45) is 0 Å². The normalized spacial score (nSPS) is 17.4. The van der Waals surface area contributed by atoms with Gasteiger partial charge in [0.2, 0.25) is 0 Å². The maximum absolute atomic E-state index is 13.4. The maximum atomic E-state index is 13.4. The summed E-state index contributed by atoms with van der Waals surface area (Å²) < 4.78 is 17.5. The molecule has 0 N–H and O–H groups in total. The van der Waals surface area contributed by atoms with Crippen molar-refractivity contribution < 1.29 is 19.0 Å². The van der Waals surface area contributed by atoms with Crippen LogP contribution in [-0.4, -0.2) is 25.7 Å². The minimum Gasteiger partial charge on any atom is -0.493 e. The summed E-state index contributed by atoms with van der Waals surface area (Å²) in [6, 6.07) is 11.1. The molecule has 2 aromatic rings. The third-order valence-corrected chi connectivity index (χ3v) is 5.77. The van der Waals surface area contributed by atoms with Crippen LogP contribution in [0.15, 0.2) is 36.4 Å². The molecule has 5 nitrogen and oxygen atoms in total. The first-order chi connectivity index (χ1) is 13.6. The SMILES string of the molecule is CCCCOc1ccccc1CN1C(=O)C2(OCCO2)c2ccc(Cl)c(Cl)c21. The van der Waals surface area contributed by atoms with Gasteiger partial charge in [0.25, 0.3) is 11.7 Å². The van der Waals surface area contributed by atoms with E-state index in [2.05, 4.69) is 6.92 Å². The van der Waals surface area contributed by atoms with Crippen LogP contribution in [0.2, 0.25) is 10.0 Å². The van der Waals surface area contributed by atoms with Crippen LogP contribution < -0.4 is 9.64 Å². The zero-order valence-corrected chi connectivity index (χ0v) is 17.1. The molecule has 0 unspecified atom stereocenters. The highest BCUT2D eigenvalue weighted by Crippen LogP contribution is 2.51. The van der Waals surface area contributed by atoms with Gasteiger partial charge in [-0.1, -0.05) is 54.7 Å². The third-order valence-electron chi connectivity index (χ3n) is 4.97. The van der Waals surface area contributed by atoms with E-state index in [9.17, 15) is 4.79 Å². The molecule has 0 aliphatic carbocycles. The lowest BCUT2D eigenvalue weighted by Crippen LogP contribution is -2.41. The Morgan fingerprint density at radius 3 is 2.64 bits per heavy atom. The number of para-hydroxylation sites is 1. The average Bonchev–Trinajstić information content (AvgIpc) is 3.27. The Kier molecular flexibility index (Phi) is 5.52. The van der Waals surface area contributed by atoms with Gasteiger partial charge in [-0.15, -0.1) is 0 Å². The standard InChI is InChI=1S/C21H21Cl2NO4/c1-2-3-10-26-17-7-5-4-6-14(17)13-24-19-15(8-9-16(22)18(19)23)21(20(24)25)27-11-12-28-21/h4-9H,2-3,10-13H2,1H3. The number of anilines is 1. The van der Waals surface area contributed by atoms with Crippen LogP contribution in [0.3, 0.4) is 0 Å². The lowest BCUT2D eigenvalue weighted by molar-refractivity contribution is -0.180. The minimum atomic E-state index is -1.44. The zero-order chi connectivity index (χ0) is 19.7. The predicted octanol–water partition coefficient (Wildman–Crippen LogP) is 4.92. The fraction of sp³-hybridized carbons (Fsp3) is 0.381. The molecule has 2 heterocycles. The molecular weight excluding hydrogens is 401 g/mol. The van der Waals surface area contributed by atoms with Crippen molar-refractivity contribution in [3.63, 3.8) is 0 Å². The second-order valence-corrected chi connectivity index (χ2v) is 7.56. The van der Waals surface area contributed by atoms with Crippen molar-refractivity contribution in [2.75, 3.05) is 24.7 Å². The number of hydrogen-bond acceptors (Lipinski definition) is 4. The number of amides is 1. The number of unbranched alkanes of at least 4 members (excludes halogenated alkanes) is 1. The van der Waals surface area contributed by atoms with Gasteiger partial charge in [0.05, 0.1) is 42.1 Å². The molecule has 2 aliphatic heterocycles. The van der Waals surface area contributed by atoms with E-state index < -0.39 is 5.79 Å². The quantitative estimate of drug-likeness (QED) is 0.621. The molecular formula is C21H21Cl2NO4. The van der Waals surface area contributed by atoms with Crippen molar-refractivity contribution in [2.45, 2.75) is 32.1 Å². The topological polar surface area (TPSA) is 48.0 Å². The van der Waals surface area contributed by atoms with Crippen LogP contribution >= 0.6 is 23.2 Å². The smallest absolute Gasteiger partial charge is 0.292 e. The second kappa shape index (κ2) is 7.91. The van der Waals surface area contributed by atoms with Gasteiger partial charge in [0, 0.05) is 11.1 Å². The van der Waals surface area contributed by atoms with Crippen LogP contribution in [-0.2, 0) is 26.6 Å². The van der Waals surface area contributed by atoms with E-state index in [1.165, 1.54) is 0 Å². The highest BCUT2D eigenvalue weighted by Gasteiger charge is 2.57. The summed E-state index contributed by atoms with van der Waals surface area (Å²) in [7, 11) is 0. The minimum absolute atomic E-state index is 0.280. The first-order valence-corrected chi connectivity index (χ1v) is 10.1. The van der Waals surface area contributed by atoms with Crippen molar-refractivity contribution >= 4 is 34.8 Å². The second-order valence-electron chi connectivity index (χ2n) is 6.77. The Labute approximate surface area is 174 Å². The highest BCUT2D eigenvalue weighted by molar-refractivity contribution is 6.44. The number of halogens is 2. The fourth-order valence-electron chi connectivity index (χ4n) is 3.58. The number of ether oxygens (including phenoxy) is 3. The van der Waals surface area contributed by atoms with Crippen molar-refractivity contribution in [3.8, 4) is 5.75 Å². The van der Waals surface area contributed by atoms with Gasteiger partial charge in [0.1, 0.15) is 5.75 Å². The molecule has 4 rings (SSSR count). The van der Waals surface area contributed by atoms with Gasteiger partial charge in [-0.05, 0) is 24.6 Å². The van der Waals surface area contributed by atoms with E-state index in [4.69, 9.17) is 37.4 Å². The van der Waals surface area contributed by atoms with Gasteiger partial charge in [-0.2, -0.15) is 0 Å². The van der Waals surface area contributed by atoms with Crippen LogP contribution in [0.4, 0.5) is 5.69 Å². The molecule has 0 radical (unpaired) electrons. The van der Waals surface area contributed by atoms with E-state index in [1.807, 2.05) is 24.3 Å². The van der Waals surface area contributed by atoms with Crippen LogP contribution in [0.5, 0.6) is 5.75 Å². The summed E-state index contributed by atoms with van der Waals surface area (Å²) in [6.07, 6.45) is 2.01. The first-order valence-electron chi connectivity index (χ1n) is 9.37. The summed E-state index contributed by atoms with van der Waals surface area (Å²) >= 11 is 12.7. The number of nitrogens with zero attached hydrogens (tertiary/aromatic N) is 1. The van der Waals surface area contributed by atoms with Crippen LogP contribution in [0.1, 0.15) is 30.9 Å². The Hall–Kier alpha value is -1.79. The molecule has 1 amide bonds. The molecule has 2 aliphatic rings. The van der Waals surface area contributed by atoms with Gasteiger partial charge >= 0.3 is 0 Å². The summed E-state index contributed by atoms with van der Waals surface area (Å²) in [5, 5.41) is 0.689. The van der Waals surface area contributed by atoms with Crippen molar-refractivity contribution in [1.82, 2.24) is 0 Å². The summed E-state index contributed by atoms with van der Waals surface area (Å²) in [6.45, 7) is 3.71. The largest absolute Gasteiger partial charge is 0.493 e. The van der Waals surface area contributed by atoms with E-state index in [-0.39, 0.29) is 12.5 Å². The Balaban J connectivity index is 1.72. The summed E-state index contributed by atoms with van der Waals surface area (Å²) in [5.41, 5.74) is 2.00. The van der Waals surface area contributed by atoms with E-state index in [0.29, 0.717) is 41.1 Å². The van der Waals surface area contributed by atoms with Gasteiger partial charge < -0.3 is 19.1 Å². The molecule has 1 fully saturated rings. The lowest BCUT2D eigenvalue weighted by atomic mass is 10.1. The molecule has 0 bridgehead atoms. The number of fused-ring (bicyclic) bond motifs is 2. The lowest BCUT2D eigenvalue weighted by Gasteiger charge is -2.23. The van der Waals surface area contributed by atoms with Gasteiger partial charge in [-0.3, -0.25) is 4.79 Å². The maximum Gasteiger partial charge on any atom is 0.292 e. The average molecular weight is 422 g/mol. The predicted molar refractivity (Wildman–Crippen MR) is 108 cm³/mol. The van der Waals surface area contributed by atoms with Crippen molar-refractivity contribution in [3.05, 3.63) is 57.6 Å². The third kappa shape index (κ3) is 3.16. The molecule has 1 saturated heterocycles. The van der Waals surface area contributed by atoms with Gasteiger partial charge in [-0.25, -0.2) is 0 Å². The van der Waals surface area contributed by atoms with Crippen LogP contribution in [0, 0.1) is 0 Å². The number of benzene rings is 2. The molecule has 2 aromatic carbocycles. The zero-order valence-electron chi connectivity index (χ0n) is 15.5. The fourth-order valence-corrected chi connectivity index (χ4v) is 4.00.